The first kappa shape index (κ1) is 15.4. The van der Waals surface area contributed by atoms with Gasteiger partial charge < -0.3 is 9.30 Å². The van der Waals surface area contributed by atoms with Crippen LogP contribution in [0.5, 0.6) is 5.75 Å². The van der Waals surface area contributed by atoms with Gasteiger partial charge in [-0.05, 0) is 66.2 Å². The van der Waals surface area contributed by atoms with Crippen LogP contribution in [0, 0.1) is 0 Å². The zero-order valence-corrected chi connectivity index (χ0v) is 13.7. The molecular formula is C18H17NO3S. The van der Waals surface area contributed by atoms with E-state index in [9.17, 15) is 8.42 Å². The molecule has 0 aliphatic rings. The average molecular weight is 327 g/mol. The summed E-state index contributed by atoms with van der Waals surface area (Å²) in [5.41, 5.74) is 3.00. The maximum atomic E-state index is 11.6. The lowest BCUT2D eigenvalue weighted by atomic mass is 10.1. The van der Waals surface area contributed by atoms with E-state index in [1.807, 2.05) is 59.3 Å². The maximum absolute atomic E-state index is 11.6. The van der Waals surface area contributed by atoms with E-state index in [0.717, 1.165) is 22.7 Å². The summed E-state index contributed by atoms with van der Waals surface area (Å²) in [6, 6.07) is 18.7. The van der Waals surface area contributed by atoms with Gasteiger partial charge in [-0.15, -0.1) is 0 Å². The first-order chi connectivity index (χ1) is 11.0. The number of aromatic nitrogens is 1. The molecule has 23 heavy (non-hydrogen) atoms. The number of methoxy groups -OCH3 is 1. The minimum absolute atomic E-state index is 0.319. The highest BCUT2D eigenvalue weighted by atomic mass is 32.2. The summed E-state index contributed by atoms with van der Waals surface area (Å²) in [6.45, 7) is 0. The van der Waals surface area contributed by atoms with Crippen molar-refractivity contribution in [3.8, 4) is 22.7 Å². The molecule has 1 heterocycles. The topological polar surface area (TPSA) is 48.3 Å². The van der Waals surface area contributed by atoms with E-state index in [0.29, 0.717) is 4.90 Å². The average Bonchev–Trinajstić information content (AvgIpc) is 3.04. The van der Waals surface area contributed by atoms with Crippen LogP contribution in [0.3, 0.4) is 0 Å². The molecule has 1 aromatic heterocycles. The molecule has 0 N–H and O–H groups in total. The number of rotatable bonds is 4. The van der Waals surface area contributed by atoms with Gasteiger partial charge in [-0.1, -0.05) is 0 Å². The van der Waals surface area contributed by atoms with Crippen LogP contribution in [-0.2, 0) is 9.84 Å². The van der Waals surface area contributed by atoms with Gasteiger partial charge >= 0.3 is 0 Å². The van der Waals surface area contributed by atoms with Gasteiger partial charge in [-0.3, -0.25) is 0 Å². The second-order valence-electron chi connectivity index (χ2n) is 5.26. The zero-order chi connectivity index (χ0) is 16.4. The van der Waals surface area contributed by atoms with Crippen molar-refractivity contribution < 1.29 is 13.2 Å². The molecule has 2 aromatic carbocycles. The molecule has 0 aliphatic heterocycles. The Kier molecular flexibility index (Phi) is 3.96. The third-order valence-corrected chi connectivity index (χ3v) is 4.81. The molecule has 0 saturated heterocycles. The van der Waals surface area contributed by atoms with Crippen LogP contribution in [0.25, 0.3) is 16.9 Å². The predicted molar refractivity (Wildman–Crippen MR) is 90.9 cm³/mol. The van der Waals surface area contributed by atoms with Gasteiger partial charge in [0.1, 0.15) is 5.75 Å². The molecule has 0 fully saturated rings. The standard InChI is InChI=1S/C18H17NO3S/c1-22-16-9-5-14(6-10-16)18-4-3-13-19(18)15-7-11-17(12-8-15)23(2,20)21/h3-13H,1-2H3. The third-order valence-electron chi connectivity index (χ3n) is 3.68. The molecule has 0 atom stereocenters. The summed E-state index contributed by atoms with van der Waals surface area (Å²) < 4.78 is 30.3. The quantitative estimate of drug-likeness (QED) is 0.736. The second-order valence-corrected chi connectivity index (χ2v) is 7.27. The van der Waals surface area contributed by atoms with Crippen LogP contribution in [0.2, 0.25) is 0 Å². The van der Waals surface area contributed by atoms with Crippen molar-refractivity contribution in [2.75, 3.05) is 13.4 Å². The Morgan fingerprint density at radius 2 is 1.57 bits per heavy atom. The summed E-state index contributed by atoms with van der Waals surface area (Å²) in [7, 11) is -1.54. The molecule has 0 unspecified atom stereocenters. The molecule has 0 spiro atoms. The van der Waals surface area contributed by atoms with Gasteiger partial charge in [0, 0.05) is 18.1 Å². The number of hydrogen-bond donors (Lipinski definition) is 0. The van der Waals surface area contributed by atoms with Crippen LogP contribution >= 0.6 is 0 Å². The van der Waals surface area contributed by atoms with Crippen molar-refractivity contribution in [2.24, 2.45) is 0 Å². The van der Waals surface area contributed by atoms with E-state index in [2.05, 4.69) is 0 Å². The van der Waals surface area contributed by atoms with E-state index < -0.39 is 9.84 Å². The van der Waals surface area contributed by atoms with Crippen molar-refractivity contribution in [1.82, 2.24) is 4.57 Å². The number of benzene rings is 2. The highest BCUT2D eigenvalue weighted by molar-refractivity contribution is 7.90. The zero-order valence-electron chi connectivity index (χ0n) is 12.9. The minimum atomic E-state index is -3.18. The Morgan fingerprint density at radius 3 is 2.13 bits per heavy atom. The normalized spacial score (nSPS) is 11.4. The SMILES string of the molecule is COc1ccc(-c2cccn2-c2ccc(S(C)(=O)=O)cc2)cc1. The first-order valence-electron chi connectivity index (χ1n) is 7.11. The molecule has 3 rings (SSSR count). The van der Waals surface area contributed by atoms with Gasteiger partial charge in [0.05, 0.1) is 17.7 Å². The summed E-state index contributed by atoms with van der Waals surface area (Å²) in [5.74, 6) is 0.810. The number of nitrogens with zero attached hydrogens (tertiary/aromatic N) is 1. The predicted octanol–water partition coefficient (Wildman–Crippen LogP) is 3.56. The molecular weight excluding hydrogens is 310 g/mol. The van der Waals surface area contributed by atoms with Crippen molar-refractivity contribution in [3.05, 3.63) is 66.9 Å². The van der Waals surface area contributed by atoms with E-state index in [4.69, 9.17) is 4.74 Å². The van der Waals surface area contributed by atoms with Crippen LogP contribution in [0.1, 0.15) is 0 Å². The van der Waals surface area contributed by atoms with Gasteiger partial charge in [-0.25, -0.2) is 8.42 Å². The van der Waals surface area contributed by atoms with Crippen molar-refractivity contribution >= 4 is 9.84 Å². The molecule has 0 aliphatic carbocycles. The fourth-order valence-electron chi connectivity index (χ4n) is 2.46. The summed E-state index contributed by atoms with van der Waals surface area (Å²) in [6.07, 6.45) is 3.16. The van der Waals surface area contributed by atoms with Gasteiger partial charge in [0.25, 0.3) is 0 Å². The Morgan fingerprint density at radius 1 is 0.913 bits per heavy atom. The molecule has 4 nitrogen and oxygen atoms in total. The van der Waals surface area contributed by atoms with Crippen LogP contribution in [-0.4, -0.2) is 26.4 Å². The fraction of sp³-hybridized carbons (Fsp3) is 0.111. The lowest BCUT2D eigenvalue weighted by Crippen LogP contribution is -1.99. The Labute approximate surface area is 135 Å². The molecule has 0 saturated carbocycles. The van der Waals surface area contributed by atoms with Crippen LogP contribution in [0.4, 0.5) is 0 Å². The summed E-state index contributed by atoms with van der Waals surface area (Å²) >= 11 is 0. The Balaban J connectivity index is 2.00. The smallest absolute Gasteiger partial charge is 0.175 e. The lowest BCUT2D eigenvalue weighted by Gasteiger charge is -2.11. The molecule has 0 amide bonds. The van der Waals surface area contributed by atoms with E-state index in [1.54, 1.807) is 19.2 Å². The Hall–Kier alpha value is -2.53. The highest BCUT2D eigenvalue weighted by Gasteiger charge is 2.09. The fourth-order valence-corrected chi connectivity index (χ4v) is 3.09. The van der Waals surface area contributed by atoms with Gasteiger partial charge in [0.15, 0.2) is 9.84 Å². The summed E-state index contributed by atoms with van der Waals surface area (Å²) in [4.78, 5) is 0.319. The number of sulfone groups is 1. The monoisotopic (exact) mass is 327 g/mol. The molecule has 0 radical (unpaired) electrons. The third kappa shape index (κ3) is 3.14. The highest BCUT2D eigenvalue weighted by Crippen LogP contribution is 2.26. The molecule has 118 valence electrons. The van der Waals surface area contributed by atoms with Crippen molar-refractivity contribution in [2.45, 2.75) is 4.90 Å². The largest absolute Gasteiger partial charge is 0.497 e. The lowest BCUT2D eigenvalue weighted by molar-refractivity contribution is 0.415. The van der Waals surface area contributed by atoms with Crippen LogP contribution < -0.4 is 4.74 Å². The van der Waals surface area contributed by atoms with Crippen LogP contribution in [0.15, 0.2) is 71.8 Å². The van der Waals surface area contributed by atoms with Crippen molar-refractivity contribution in [3.63, 3.8) is 0 Å². The Bertz CT molecular complexity index is 908. The molecule has 5 heteroatoms. The summed E-state index contributed by atoms with van der Waals surface area (Å²) in [5, 5.41) is 0. The minimum Gasteiger partial charge on any atom is -0.497 e. The number of ether oxygens (including phenoxy) is 1. The molecule has 3 aromatic rings. The first-order valence-corrected chi connectivity index (χ1v) is 9.00. The van der Waals surface area contributed by atoms with E-state index >= 15 is 0 Å². The second kappa shape index (κ2) is 5.93. The van der Waals surface area contributed by atoms with E-state index in [-0.39, 0.29) is 0 Å². The molecule has 0 bridgehead atoms. The van der Waals surface area contributed by atoms with Gasteiger partial charge in [-0.2, -0.15) is 0 Å². The number of hydrogen-bond acceptors (Lipinski definition) is 3. The van der Waals surface area contributed by atoms with Gasteiger partial charge in [0.2, 0.25) is 0 Å². The maximum Gasteiger partial charge on any atom is 0.175 e. The van der Waals surface area contributed by atoms with E-state index in [1.165, 1.54) is 6.26 Å². The van der Waals surface area contributed by atoms with Crippen molar-refractivity contribution in [1.29, 1.82) is 0 Å².